The quantitative estimate of drug-likeness (QED) is 0.173. The highest BCUT2D eigenvalue weighted by Crippen LogP contribution is 2.40. The van der Waals surface area contributed by atoms with Crippen LogP contribution in [-0.2, 0) is 28.3 Å². The molecule has 2 heterocycles. The monoisotopic (exact) mass is 427 g/mol. The lowest BCUT2D eigenvalue weighted by atomic mass is 9.77. The van der Waals surface area contributed by atoms with Crippen molar-refractivity contribution in [2.45, 2.75) is 84.5 Å². The molecule has 8 nitrogen and oxygen atoms in total. The van der Waals surface area contributed by atoms with E-state index < -0.39 is 55.3 Å². The Morgan fingerprint density at radius 1 is 1.14 bits per heavy atom. The van der Waals surface area contributed by atoms with Crippen molar-refractivity contribution >= 4 is 26.2 Å². The van der Waals surface area contributed by atoms with Crippen LogP contribution in [0.3, 0.4) is 0 Å². The largest absolute Gasteiger partial charge is 0.511 e. The molecule has 0 saturated carbocycles. The lowest BCUT2D eigenvalue weighted by Gasteiger charge is -2.47. The van der Waals surface area contributed by atoms with E-state index in [4.69, 9.17) is 13.9 Å². The zero-order valence-electron chi connectivity index (χ0n) is 18.7. The molecule has 2 fully saturated rings. The molecule has 0 aromatic rings. The molecule has 2 rings (SSSR count). The molecule has 29 heavy (non-hydrogen) atoms. The van der Waals surface area contributed by atoms with E-state index in [-0.39, 0.29) is 17.0 Å². The Morgan fingerprint density at radius 3 is 2.03 bits per heavy atom. The molecule has 0 aromatic carbocycles. The highest BCUT2D eigenvalue weighted by Gasteiger charge is 2.51. The predicted octanol–water partition coefficient (Wildman–Crippen LogP) is 2.80. The molecule has 1 amide bonds. The Morgan fingerprint density at radius 2 is 1.62 bits per heavy atom. The maximum atomic E-state index is 12.3. The van der Waals surface area contributed by atoms with Gasteiger partial charge in [-0.15, -0.1) is 0 Å². The third-order valence-electron chi connectivity index (χ3n) is 6.10. The summed E-state index contributed by atoms with van der Waals surface area (Å²) in [5.41, 5.74) is -0.533. The van der Waals surface area contributed by atoms with Gasteiger partial charge < -0.3 is 24.3 Å². The maximum absolute atomic E-state index is 12.3. The molecule has 2 N–H and O–H groups in total. The van der Waals surface area contributed by atoms with Crippen molar-refractivity contribution < 1.29 is 33.4 Å². The zero-order valence-corrected chi connectivity index (χ0v) is 19.7. The summed E-state index contributed by atoms with van der Waals surface area (Å²) in [6.07, 6.45) is -0.376. The van der Waals surface area contributed by atoms with Crippen molar-refractivity contribution in [2.24, 2.45) is 11.8 Å². The van der Waals surface area contributed by atoms with Crippen LogP contribution < -0.4 is 5.32 Å². The topological polar surface area (TPSA) is 111 Å². The first kappa shape index (κ1) is 23.4. The second kappa shape index (κ2) is 7.43. The molecule has 2 aliphatic heterocycles. The number of aliphatic hydroxyl groups excluding tert-OH is 1. The minimum absolute atomic E-state index is 0.0187. The van der Waals surface area contributed by atoms with Crippen LogP contribution in [0.4, 0.5) is 0 Å². The second-order valence-electron chi connectivity index (χ2n) is 9.87. The minimum atomic E-state index is -2.11. The van der Waals surface area contributed by atoms with Crippen LogP contribution in [0.1, 0.15) is 48.5 Å². The molecule has 9 heteroatoms. The second-order valence-corrected chi connectivity index (χ2v) is 14.6. The van der Waals surface area contributed by atoms with Gasteiger partial charge in [-0.1, -0.05) is 27.7 Å². The van der Waals surface area contributed by atoms with Crippen molar-refractivity contribution in [2.75, 3.05) is 0 Å². The first-order valence-corrected chi connectivity index (χ1v) is 12.8. The van der Waals surface area contributed by atoms with Crippen molar-refractivity contribution in [3.63, 3.8) is 0 Å². The van der Waals surface area contributed by atoms with Gasteiger partial charge in [-0.25, -0.2) is 9.59 Å². The van der Waals surface area contributed by atoms with Gasteiger partial charge in [0, 0.05) is 19.8 Å². The first-order valence-electron chi connectivity index (χ1n) is 9.86. The summed E-state index contributed by atoms with van der Waals surface area (Å²) in [6.45, 7) is 16.9. The standard InChI is InChI=1S/C20H33NO7Si/c1-10(15(22)13-17(24)26-20(6,7)27-18(13)25)14-12(16(23)21-14)11(2)28-29(8,9)19(3,4)5/h10-12,14,22H,1-9H3,(H,21,23)/t10-,11-,12-,14+/m0/s1. The van der Waals surface area contributed by atoms with Gasteiger partial charge in [0.2, 0.25) is 5.91 Å². The van der Waals surface area contributed by atoms with Gasteiger partial charge >= 0.3 is 11.9 Å². The molecule has 2 saturated heterocycles. The number of ether oxygens (including phenoxy) is 2. The summed E-state index contributed by atoms with van der Waals surface area (Å²) < 4.78 is 16.5. The van der Waals surface area contributed by atoms with Gasteiger partial charge in [-0.2, -0.15) is 0 Å². The third-order valence-corrected chi connectivity index (χ3v) is 10.7. The van der Waals surface area contributed by atoms with E-state index in [1.54, 1.807) is 6.92 Å². The molecule has 0 radical (unpaired) electrons. The Kier molecular flexibility index (Phi) is 5.99. The number of cyclic esters (lactones) is 2. The average molecular weight is 428 g/mol. The van der Waals surface area contributed by atoms with Gasteiger partial charge in [0.05, 0.1) is 18.1 Å². The number of amides is 1. The van der Waals surface area contributed by atoms with Gasteiger partial charge in [-0.05, 0) is 25.1 Å². The number of carbonyl (C=O) groups is 3. The van der Waals surface area contributed by atoms with Crippen LogP contribution in [0.5, 0.6) is 0 Å². The number of esters is 2. The van der Waals surface area contributed by atoms with E-state index in [2.05, 4.69) is 39.2 Å². The SMILES string of the molecule is C[C@H](O[Si](C)(C)C(C)(C)C)[C@@H]1C(=O)N[C@@H]1[C@H](C)C(O)=C1C(=O)OC(C)(C)OC1=O. The normalized spacial score (nSPS) is 26.7. The molecular formula is C20H33NO7Si. The van der Waals surface area contributed by atoms with E-state index in [1.807, 2.05) is 6.92 Å². The first-order chi connectivity index (χ1) is 13.0. The smallest absolute Gasteiger partial charge is 0.352 e. The zero-order chi connectivity index (χ0) is 22.5. The van der Waals surface area contributed by atoms with E-state index in [0.717, 1.165) is 0 Å². The average Bonchev–Trinajstić information content (AvgIpc) is 2.47. The molecule has 0 bridgehead atoms. The van der Waals surface area contributed by atoms with Gasteiger partial charge in [0.1, 0.15) is 5.76 Å². The number of carbonyl (C=O) groups excluding carboxylic acids is 3. The van der Waals surface area contributed by atoms with E-state index >= 15 is 0 Å². The summed E-state index contributed by atoms with van der Waals surface area (Å²) in [6, 6.07) is -0.481. The Hall–Kier alpha value is -1.87. The number of hydrogen-bond acceptors (Lipinski definition) is 7. The number of rotatable bonds is 5. The number of aliphatic hydroxyl groups is 1. The van der Waals surface area contributed by atoms with Gasteiger partial charge in [0.15, 0.2) is 13.9 Å². The summed E-state index contributed by atoms with van der Waals surface area (Å²) in [5, 5.41) is 13.4. The van der Waals surface area contributed by atoms with E-state index in [0.29, 0.717) is 0 Å². The number of β-lactam (4-membered cyclic amide) rings is 1. The molecule has 0 aromatic heterocycles. The molecule has 0 unspecified atom stereocenters. The lowest BCUT2D eigenvalue weighted by Crippen LogP contribution is -2.66. The highest BCUT2D eigenvalue weighted by atomic mass is 28.4. The van der Waals surface area contributed by atoms with Crippen molar-refractivity contribution in [3.8, 4) is 0 Å². The molecule has 0 aliphatic carbocycles. The Bertz CT molecular complexity index is 728. The lowest BCUT2D eigenvalue weighted by molar-refractivity contribution is -0.222. The van der Waals surface area contributed by atoms with Crippen molar-refractivity contribution in [1.29, 1.82) is 0 Å². The fraction of sp³-hybridized carbons (Fsp3) is 0.750. The van der Waals surface area contributed by atoms with E-state index in [1.165, 1.54) is 13.8 Å². The summed E-state index contributed by atoms with van der Waals surface area (Å²) in [4.78, 5) is 36.7. The van der Waals surface area contributed by atoms with Crippen LogP contribution in [0, 0.1) is 11.8 Å². The fourth-order valence-corrected chi connectivity index (χ4v) is 4.76. The van der Waals surface area contributed by atoms with Crippen molar-refractivity contribution in [3.05, 3.63) is 11.3 Å². The van der Waals surface area contributed by atoms with Crippen LogP contribution in [0.25, 0.3) is 0 Å². The fourth-order valence-electron chi connectivity index (χ4n) is 3.33. The van der Waals surface area contributed by atoms with Crippen LogP contribution in [0.15, 0.2) is 11.3 Å². The third kappa shape index (κ3) is 4.50. The van der Waals surface area contributed by atoms with Crippen LogP contribution in [0.2, 0.25) is 18.1 Å². The van der Waals surface area contributed by atoms with Gasteiger partial charge in [-0.3, -0.25) is 4.79 Å². The van der Waals surface area contributed by atoms with Crippen molar-refractivity contribution in [1.82, 2.24) is 5.32 Å². The van der Waals surface area contributed by atoms with Crippen LogP contribution >= 0.6 is 0 Å². The predicted molar refractivity (Wildman–Crippen MR) is 108 cm³/mol. The molecular weight excluding hydrogens is 394 g/mol. The van der Waals surface area contributed by atoms with Crippen LogP contribution in [-0.4, -0.2) is 49.2 Å². The minimum Gasteiger partial charge on any atom is -0.511 e. The number of hydrogen-bond donors (Lipinski definition) is 2. The molecule has 0 spiro atoms. The van der Waals surface area contributed by atoms with E-state index in [9.17, 15) is 19.5 Å². The number of nitrogens with one attached hydrogen (secondary N) is 1. The summed E-state index contributed by atoms with van der Waals surface area (Å²) >= 11 is 0. The summed E-state index contributed by atoms with van der Waals surface area (Å²) in [7, 11) is -2.11. The Labute approximate surface area is 173 Å². The summed E-state index contributed by atoms with van der Waals surface area (Å²) in [5.74, 6) is -5.11. The Balaban J connectivity index is 2.22. The maximum Gasteiger partial charge on any atom is 0.352 e. The van der Waals surface area contributed by atoms with Gasteiger partial charge in [0.25, 0.3) is 5.79 Å². The highest BCUT2D eigenvalue weighted by molar-refractivity contribution is 6.74. The molecule has 2 aliphatic rings. The molecule has 164 valence electrons. The molecule has 4 atom stereocenters.